The number of benzene rings is 1. The molecular weight excluding hydrogens is 370 g/mol. The second-order valence-electron chi connectivity index (χ2n) is 6.99. The Labute approximate surface area is 173 Å². The van der Waals surface area contributed by atoms with Gasteiger partial charge in [0.15, 0.2) is 5.96 Å². The molecule has 8 heteroatoms. The van der Waals surface area contributed by atoms with Crippen LogP contribution >= 0.6 is 0 Å². The number of ether oxygens (including phenoxy) is 1. The van der Waals surface area contributed by atoms with Crippen molar-refractivity contribution in [3.05, 3.63) is 29.8 Å². The fourth-order valence-corrected chi connectivity index (χ4v) is 3.19. The topological polar surface area (TPSA) is 95.1 Å². The number of carbonyl (C=O) groups is 2. The van der Waals surface area contributed by atoms with E-state index in [-0.39, 0.29) is 18.0 Å². The van der Waals surface area contributed by atoms with Gasteiger partial charge in [0.1, 0.15) is 0 Å². The number of likely N-dealkylation sites (tertiary alicyclic amines) is 1. The number of hydrogen-bond donors (Lipinski definition) is 3. The van der Waals surface area contributed by atoms with Gasteiger partial charge in [-0.2, -0.15) is 0 Å². The normalized spacial score (nSPS) is 15.0. The first kappa shape index (κ1) is 22.5. The number of carbonyl (C=O) groups excluding carboxylic acids is 2. The molecule has 160 valence electrons. The highest BCUT2D eigenvalue weighted by atomic mass is 16.6. The molecule has 1 heterocycles. The smallest absolute Gasteiger partial charge is 0.409 e. The minimum Gasteiger partial charge on any atom is -0.450 e. The lowest BCUT2D eigenvalue weighted by molar-refractivity contribution is -0.114. The number of piperidine rings is 1. The third-order valence-electron chi connectivity index (χ3n) is 4.65. The summed E-state index contributed by atoms with van der Waals surface area (Å²) in [5, 5.41) is 9.53. The molecule has 1 aromatic rings. The Balaban J connectivity index is 1.81. The molecule has 0 unspecified atom stereocenters. The van der Waals surface area contributed by atoms with E-state index in [2.05, 4.69) is 20.9 Å². The Morgan fingerprint density at radius 3 is 2.45 bits per heavy atom. The summed E-state index contributed by atoms with van der Waals surface area (Å²) in [6, 6.07) is 8.11. The van der Waals surface area contributed by atoms with Crippen LogP contribution in [0.5, 0.6) is 0 Å². The Morgan fingerprint density at radius 2 is 1.86 bits per heavy atom. The summed E-state index contributed by atoms with van der Waals surface area (Å²) >= 11 is 0. The zero-order valence-electron chi connectivity index (χ0n) is 17.7. The molecular formula is C21H33N5O3. The van der Waals surface area contributed by atoms with Crippen molar-refractivity contribution in [1.29, 1.82) is 0 Å². The Bertz CT molecular complexity index is 682. The van der Waals surface area contributed by atoms with E-state index >= 15 is 0 Å². The summed E-state index contributed by atoms with van der Waals surface area (Å²) in [5.41, 5.74) is 1.97. The number of nitrogens with one attached hydrogen (secondary N) is 3. The summed E-state index contributed by atoms with van der Waals surface area (Å²) in [4.78, 5) is 29.3. The van der Waals surface area contributed by atoms with Crippen molar-refractivity contribution in [2.24, 2.45) is 4.99 Å². The number of rotatable bonds is 7. The van der Waals surface area contributed by atoms with Gasteiger partial charge in [0.25, 0.3) is 0 Å². The van der Waals surface area contributed by atoms with Crippen LogP contribution in [0.25, 0.3) is 0 Å². The molecule has 0 aromatic heterocycles. The van der Waals surface area contributed by atoms with E-state index in [0.29, 0.717) is 26.2 Å². The van der Waals surface area contributed by atoms with Crippen LogP contribution in [-0.4, -0.2) is 61.7 Å². The molecule has 1 aliphatic heterocycles. The van der Waals surface area contributed by atoms with Gasteiger partial charge in [-0.1, -0.05) is 12.1 Å². The lowest BCUT2D eigenvalue weighted by atomic mass is 10.1. The highest BCUT2D eigenvalue weighted by Crippen LogP contribution is 2.12. The van der Waals surface area contributed by atoms with Crippen molar-refractivity contribution in [2.75, 3.05) is 38.1 Å². The summed E-state index contributed by atoms with van der Waals surface area (Å²) in [5.74, 6) is 0.730. The van der Waals surface area contributed by atoms with Crippen LogP contribution in [0.15, 0.2) is 29.3 Å². The molecule has 1 aliphatic rings. The third kappa shape index (κ3) is 8.01. The molecule has 1 fully saturated rings. The minimum absolute atomic E-state index is 0.0724. The van der Waals surface area contributed by atoms with Gasteiger partial charge in [-0.15, -0.1) is 0 Å². The molecule has 29 heavy (non-hydrogen) atoms. The number of amides is 2. The van der Waals surface area contributed by atoms with E-state index in [9.17, 15) is 9.59 Å². The maximum absolute atomic E-state index is 11.8. The molecule has 0 spiro atoms. The highest BCUT2D eigenvalue weighted by molar-refractivity contribution is 5.88. The van der Waals surface area contributed by atoms with Crippen molar-refractivity contribution >= 4 is 23.6 Å². The van der Waals surface area contributed by atoms with Crippen molar-refractivity contribution in [3.63, 3.8) is 0 Å². The van der Waals surface area contributed by atoms with Crippen molar-refractivity contribution in [1.82, 2.24) is 15.5 Å². The van der Waals surface area contributed by atoms with E-state index in [1.807, 2.05) is 38.1 Å². The van der Waals surface area contributed by atoms with Crippen LogP contribution in [0.2, 0.25) is 0 Å². The maximum atomic E-state index is 11.8. The molecule has 0 aliphatic carbocycles. The SMILES string of the molecule is CCNC(=NCCc1ccc(NC(C)=O)cc1)NC1CCN(C(=O)OCC)CC1. The number of nitrogens with zero attached hydrogens (tertiary/aromatic N) is 2. The Hall–Kier alpha value is -2.77. The minimum atomic E-state index is -0.226. The van der Waals surface area contributed by atoms with Crippen molar-refractivity contribution < 1.29 is 14.3 Å². The lowest BCUT2D eigenvalue weighted by Gasteiger charge is -2.32. The Kier molecular flexibility index (Phi) is 9.27. The van der Waals surface area contributed by atoms with Gasteiger partial charge < -0.3 is 25.6 Å². The molecule has 0 bridgehead atoms. The zero-order chi connectivity index (χ0) is 21.1. The first-order valence-electron chi connectivity index (χ1n) is 10.3. The van der Waals surface area contributed by atoms with Crippen LogP contribution in [0, 0.1) is 0 Å². The van der Waals surface area contributed by atoms with E-state index in [1.54, 1.807) is 4.90 Å². The molecule has 0 atom stereocenters. The van der Waals surface area contributed by atoms with E-state index in [4.69, 9.17) is 4.74 Å². The van der Waals surface area contributed by atoms with Crippen LogP contribution < -0.4 is 16.0 Å². The standard InChI is InChI=1S/C21H33N5O3/c1-4-22-20(25-19-11-14-26(15-12-19)21(28)29-5-2)23-13-10-17-6-8-18(9-7-17)24-16(3)27/h6-9,19H,4-5,10-15H2,1-3H3,(H,24,27)(H2,22,23,25). The van der Waals surface area contributed by atoms with E-state index < -0.39 is 0 Å². The number of guanidine groups is 1. The number of anilines is 1. The fraction of sp³-hybridized carbons (Fsp3) is 0.571. The summed E-state index contributed by atoms with van der Waals surface area (Å²) in [7, 11) is 0. The van der Waals surface area contributed by atoms with Crippen molar-refractivity contribution in [2.45, 2.75) is 46.1 Å². The maximum Gasteiger partial charge on any atom is 0.409 e. The summed E-state index contributed by atoms with van der Waals surface area (Å²) < 4.78 is 5.07. The van der Waals surface area contributed by atoms with Crippen LogP contribution in [0.3, 0.4) is 0 Å². The number of aliphatic imine (C=N–C) groups is 1. The van der Waals surface area contributed by atoms with Gasteiger partial charge in [-0.3, -0.25) is 9.79 Å². The Morgan fingerprint density at radius 1 is 1.17 bits per heavy atom. The van der Waals surface area contributed by atoms with Gasteiger partial charge in [-0.05, 0) is 50.8 Å². The molecule has 8 nitrogen and oxygen atoms in total. The molecule has 0 radical (unpaired) electrons. The summed E-state index contributed by atoms with van der Waals surface area (Å²) in [6.45, 7) is 8.61. The van der Waals surface area contributed by atoms with Crippen molar-refractivity contribution in [3.8, 4) is 0 Å². The average Bonchev–Trinajstić information content (AvgIpc) is 2.70. The van der Waals surface area contributed by atoms with Crippen LogP contribution in [-0.2, 0) is 16.0 Å². The second-order valence-corrected chi connectivity index (χ2v) is 6.99. The molecule has 3 N–H and O–H groups in total. The first-order chi connectivity index (χ1) is 14.0. The second kappa shape index (κ2) is 11.9. The lowest BCUT2D eigenvalue weighted by Crippen LogP contribution is -2.50. The zero-order valence-corrected chi connectivity index (χ0v) is 17.7. The largest absolute Gasteiger partial charge is 0.450 e. The van der Waals surface area contributed by atoms with Gasteiger partial charge >= 0.3 is 6.09 Å². The molecule has 1 aromatic carbocycles. The monoisotopic (exact) mass is 403 g/mol. The highest BCUT2D eigenvalue weighted by Gasteiger charge is 2.23. The quantitative estimate of drug-likeness (QED) is 0.480. The average molecular weight is 404 g/mol. The first-order valence-corrected chi connectivity index (χ1v) is 10.3. The van der Waals surface area contributed by atoms with Gasteiger partial charge in [0, 0.05) is 44.8 Å². The molecule has 2 amide bonds. The summed E-state index contributed by atoms with van der Waals surface area (Å²) in [6.07, 6.45) is 2.33. The number of hydrogen-bond acceptors (Lipinski definition) is 4. The van der Waals surface area contributed by atoms with E-state index in [1.165, 1.54) is 12.5 Å². The van der Waals surface area contributed by atoms with Gasteiger partial charge in [0.05, 0.1) is 6.61 Å². The molecule has 2 rings (SSSR count). The molecule has 1 saturated heterocycles. The van der Waals surface area contributed by atoms with E-state index in [0.717, 1.165) is 37.5 Å². The third-order valence-corrected chi connectivity index (χ3v) is 4.65. The van der Waals surface area contributed by atoms with Gasteiger partial charge in [0.2, 0.25) is 5.91 Å². The predicted molar refractivity (Wildman–Crippen MR) is 115 cm³/mol. The fourth-order valence-electron chi connectivity index (χ4n) is 3.19. The van der Waals surface area contributed by atoms with Gasteiger partial charge in [-0.25, -0.2) is 4.79 Å². The van der Waals surface area contributed by atoms with Crippen LogP contribution in [0.4, 0.5) is 10.5 Å². The predicted octanol–water partition coefficient (Wildman–Crippen LogP) is 2.36. The molecule has 0 saturated carbocycles. The van der Waals surface area contributed by atoms with Crippen LogP contribution in [0.1, 0.15) is 39.2 Å².